The molecule has 1 unspecified atom stereocenters. The molecule has 0 radical (unpaired) electrons. The van der Waals surface area contributed by atoms with Gasteiger partial charge in [-0.2, -0.15) is 0 Å². The van der Waals surface area contributed by atoms with Crippen LogP contribution in [-0.2, 0) is 11.2 Å². The predicted molar refractivity (Wildman–Crippen MR) is 82.7 cm³/mol. The van der Waals surface area contributed by atoms with E-state index in [2.05, 4.69) is 51.2 Å². The van der Waals surface area contributed by atoms with E-state index in [0.717, 1.165) is 6.42 Å². The lowest BCUT2D eigenvalue weighted by molar-refractivity contribution is -0.122. The van der Waals surface area contributed by atoms with Gasteiger partial charge in [-0.15, -0.1) is 0 Å². The fourth-order valence-electron chi connectivity index (χ4n) is 2.46. The number of aryl methyl sites for hydroxylation is 3. The monoisotopic (exact) mass is 277 g/mol. The van der Waals surface area contributed by atoms with Gasteiger partial charge in [-0.1, -0.05) is 43.2 Å². The Hall–Kier alpha value is -1.35. The third kappa shape index (κ3) is 5.74. The van der Waals surface area contributed by atoms with Crippen molar-refractivity contribution in [3.05, 3.63) is 34.9 Å². The summed E-state index contributed by atoms with van der Waals surface area (Å²) in [6.45, 7) is 8.38. The largest absolute Gasteiger partial charge is 0.396 e. The van der Waals surface area contributed by atoms with Crippen LogP contribution >= 0.6 is 0 Å². The van der Waals surface area contributed by atoms with E-state index in [9.17, 15) is 4.79 Å². The molecule has 0 aliphatic heterocycles. The number of rotatable bonds is 7. The Balaban J connectivity index is 2.50. The van der Waals surface area contributed by atoms with Gasteiger partial charge >= 0.3 is 0 Å². The highest BCUT2D eigenvalue weighted by atomic mass is 16.3. The van der Waals surface area contributed by atoms with Crippen molar-refractivity contribution in [1.82, 2.24) is 5.32 Å². The summed E-state index contributed by atoms with van der Waals surface area (Å²) in [6, 6.07) is 6.47. The zero-order chi connectivity index (χ0) is 15.1. The number of carbonyl (C=O) groups excluding carboxylic acids is 1. The van der Waals surface area contributed by atoms with Crippen LogP contribution in [0.5, 0.6) is 0 Å². The number of benzene rings is 1. The van der Waals surface area contributed by atoms with Gasteiger partial charge in [0.2, 0.25) is 5.91 Å². The number of hydrogen-bond acceptors (Lipinski definition) is 2. The Kier molecular flexibility index (Phi) is 6.73. The molecule has 0 saturated carbocycles. The van der Waals surface area contributed by atoms with Crippen LogP contribution in [-0.4, -0.2) is 23.7 Å². The SMILES string of the molecule is Cc1cc(C)cc(CCC(=O)NC(CCO)C(C)C)c1. The van der Waals surface area contributed by atoms with Crippen molar-refractivity contribution in [2.24, 2.45) is 5.92 Å². The Bertz CT molecular complexity index is 420. The molecule has 1 aromatic rings. The van der Waals surface area contributed by atoms with Gasteiger partial charge in [0.25, 0.3) is 0 Å². The average Bonchev–Trinajstić information content (AvgIpc) is 2.34. The minimum absolute atomic E-state index is 0.0618. The van der Waals surface area contributed by atoms with Crippen molar-refractivity contribution < 1.29 is 9.90 Å². The van der Waals surface area contributed by atoms with Crippen LogP contribution in [0, 0.1) is 19.8 Å². The van der Waals surface area contributed by atoms with E-state index in [0.29, 0.717) is 18.8 Å². The molecule has 112 valence electrons. The first-order valence-electron chi connectivity index (χ1n) is 7.39. The van der Waals surface area contributed by atoms with Crippen LogP contribution in [0.1, 0.15) is 43.4 Å². The maximum atomic E-state index is 12.0. The molecule has 1 aromatic carbocycles. The molecule has 0 spiro atoms. The Labute approximate surface area is 122 Å². The third-order valence-electron chi connectivity index (χ3n) is 3.51. The highest BCUT2D eigenvalue weighted by molar-refractivity contribution is 5.76. The fraction of sp³-hybridized carbons (Fsp3) is 0.588. The molecular weight excluding hydrogens is 250 g/mol. The van der Waals surface area contributed by atoms with Crippen LogP contribution in [0.2, 0.25) is 0 Å². The molecule has 1 rings (SSSR count). The summed E-state index contributed by atoms with van der Waals surface area (Å²) in [5.74, 6) is 0.406. The van der Waals surface area contributed by atoms with Crippen molar-refractivity contribution in [2.75, 3.05) is 6.61 Å². The smallest absolute Gasteiger partial charge is 0.220 e. The van der Waals surface area contributed by atoms with Gasteiger partial charge in [0.05, 0.1) is 0 Å². The van der Waals surface area contributed by atoms with E-state index in [1.165, 1.54) is 16.7 Å². The predicted octanol–water partition coefficient (Wildman–Crippen LogP) is 2.76. The number of amides is 1. The average molecular weight is 277 g/mol. The van der Waals surface area contributed by atoms with Crippen molar-refractivity contribution in [3.63, 3.8) is 0 Å². The van der Waals surface area contributed by atoms with Gasteiger partial charge < -0.3 is 10.4 Å². The zero-order valence-corrected chi connectivity index (χ0v) is 13.1. The van der Waals surface area contributed by atoms with Gasteiger partial charge in [-0.3, -0.25) is 4.79 Å². The third-order valence-corrected chi connectivity index (χ3v) is 3.51. The van der Waals surface area contributed by atoms with Crippen LogP contribution in [0.15, 0.2) is 18.2 Å². The molecule has 1 atom stereocenters. The topological polar surface area (TPSA) is 49.3 Å². The molecular formula is C17H27NO2. The molecule has 0 aliphatic rings. The molecule has 0 aliphatic carbocycles. The molecule has 3 nitrogen and oxygen atoms in total. The number of carbonyl (C=O) groups is 1. The van der Waals surface area contributed by atoms with Gasteiger partial charge in [-0.05, 0) is 38.2 Å². The van der Waals surface area contributed by atoms with E-state index in [4.69, 9.17) is 5.11 Å². The molecule has 0 aromatic heterocycles. The lowest BCUT2D eigenvalue weighted by Gasteiger charge is -2.21. The summed E-state index contributed by atoms with van der Waals surface area (Å²) in [7, 11) is 0. The normalized spacial score (nSPS) is 12.5. The molecule has 2 N–H and O–H groups in total. The van der Waals surface area contributed by atoms with Crippen molar-refractivity contribution in [1.29, 1.82) is 0 Å². The minimum Gasteiger partial charge on any atom is -0.396 e. The number of hydrogen-bond donors (Lipinski definition) is 2. The fourth-order valence-corrected chi connectivity index (χ4v) is 2.46. The molecule has 0 fully saturated rings. The maximum absolute atomic E-state index is 12.0. The molecule has 0 heterocycles. The van der Waals surface area contributed by atoms with E-state index >= 15 is 0 Å². The van der Waals surface area contributed by atoms with E-state index < -0.39 is 0 Å². The summed E-state index contributed by atoms with van der Waals surface area (Å²) in [5.41, 5.74) is 3.68. The summed E-state index contributed by atoms with van der Waals surface area (Å²) >= 11 is 0. The second-order valence-electron chi connectivity index (χ2n) is 5.93. The van der Waals surface area contributed by atoms with Crippen molar-refractivity contribution >= 4 is 5.91 Å². The molecule has 20 heavy (non-hydrogen) atoms. The van der Waals surface area contributed by atoms with Gasteiger partial charge in [0.1, 0.15) is 0 Å². The molecule has 0 saturated heterocycles. The Morgan fingerprint density at radius 1 is 1.20 bits per heavy atom. The van der Waals surface area contributed by atoms with E-state index in [1.54, 1.807) is 0 Å². The summed E-state index contributed by atoms with van der Waals surface area (Å²) < 4.78 is 0. The van der Waals surface area contributed by atoms with Gasteiger partial charge in [-0.25, -0.2) is 0 Å². The molecule has 1 amide bonds. The number of aliphatic hydroxyl groups excluding tert-OH is 1. The Morgan fingerprint density at radius 2 is 1.80 bits per heavy atom. The zero-order valence-electron chi connectivity index (χ0n) is 13.1. The summed E-state index contributed by atoms with van der Waals surface area (Å²) in [5, 5.41) is 12.0. The van der Waals surface area contributed by atoms with E-state index in [-0.39, 0.29) is 18.6 Å². The maximum Gasteiger partial charge on any atom is 0.220 e. The van der Waals surface area contributed by atoms with Crippen molar-refractivity contribution in [2.45, 2.75) is 53.0 Å². The second-order valence-corrected chi connectivity index (χ2v) is 5.93. The first kappa shape index (κ1) is 16.7. The van der Waals surface area contributed by atoms with Crippen LogP contribution in [0.3, 0.4) is 0 Å². The minimum atomic E-state index is 0.0618. The highest BCUT2D eigenvalue weighted by Gasteiger charge is 2.15. The van der Waals surface area contributed by atoms with Crippen molar-refractivity contribution in [3.8, 4) is 0 Å². The highest BCUT2D eigenvalue weighted by Crippen LogP contribution is 2.11. The van der Waals surface area contributed by atoms with E-state index in [1.807, 2.05) is 0 Å². The van der Waals surface area contributed by atoms with Crippen LogP contribution in [0.25, 0.3) is 0 Å². The first-order valence-corrected chi connectivity index (χ1v) is 7.39. The molecule has 3 heteroatoms. The quantitative estimate of drug-likeness (QED) is 0.805. The Morgan fingerprint density at radius 3 is 2.30 bits per heavy atom. The van der Waals surface area contributed by atoms with Gasteiger partial charge in [0.15, 0.2) is 0 Å². The standard InChI is InChI=1S/C17H27NO2/c1-12(2)16(7-8-19)18-17(20)6-5-15-10-13(3)9-14(4)11-15/h9-12,16,19H,5-8H2,1-4H3,(H,18,20). The summed E-state index contributed by atoms with van der Waals surface area (Å²) in [4.78, 5) is 12.0. The number of nitrogens with one attached hydrogen (secondary N) is 1. The lowest BCUT2D eigenvalue weighted by Crippen LogP contribution is -2.39. The van der Waals surface area contributed by atoms with Crippen LogP contribution < -0.4 is 5.32 Å². The van der Waals surface area contributed by atoms with Crippen LogP contribution in [0.4, 0.5) is 0 Å². The lowest BCUT2D eigenvalue weighted by atomic mass is 10.0. The second kappa shape index (κ2) is 8.05. The first-order chi connectivity index (χ1) is 9.42. The molecule has 0 bridgehead atoms. The van der Waals surface area contributed by atoms with Gasteiger partial charge in [0, 0.05) is 19.1 Å². The summed E-state index contributed by atoms with van der Waals surface area (Å²) in [6.07, 6.45) is 1.88. The number of aliphatic hydroxyl groups is 1.